The highest BCUT2D eigenvalue weighted by molar-refractivity contribution is 5.91. The lowest BCUT2D eigenvalue weighted by Gasteiger charge is -2.08. The minimum atomic E-state index is -0.561. The molecule has 0 rings (SSSR count). The second-order valence-electron chi connectivity index (χ2n) is 5.36. The number of ether oxygens (including phenoxy) is 1. The summed E-state index contributed by atoms with van der Waals surface area (Å²) >= 11 is 0. The van der Waals surface area contributed by atoms with E-state index in [0.717, 1.165) is 6.42 Å². The number of rotatable bonds is 14. The minimum absolute atomic E-state index is 0.0783. The zero-order valence-corrected chi connectivity index (χ0v) is 15.3. The molecule has 0 heterocycles. The maximum atomic E-state index is 11.5. The van der Waals surface area contributed by atoms with Gasteiger partial charge in [-0.1, -0.05) is 13.8 Å². The van der Waals surface area contributed by atoms with Gasteiger partial charge in [0.15, 0.2) is 5.78 Å². The zero-order chi connectivity index (χ0) is 19.8. The van der Waals surface area contributed by atoms with Crippen LogP contribution in [0, 0.1) is 0 Å². The molecular weight excluding hydrogens is 344 g/mol. The summed E-state index contributed by atoms with van der Waals surface area (Å²) in [5, 5.41) is 9.39. The number of hydrogen-bond donors (Lipinski definition) is 4. The van der Waals surface area contributed by atoms with Crippen LogP contribution >= 0.6 is 0 Å². The first-order valence-corrected chi connectivity index (χ1v) is 8.55. The number of amides is 4. The normalized spacial score (nSPS) is 9.92. The molecule has 0 aromatic carbocycles. The Bertz CT molecular complexity index is 495. The molecule has 4 amide bonds. The lowest BCUT2D eigenvalue weighted by Crippen LogP contribution is -2.44. The Morgan fingerprint density at radius 2 is 1.12 bits per heavy atom. The molecular formula is C16H28N4O6. The number of carbonyl (C=O) groups is 5. The summed E-state index contributed by atoms with van der Waals surface area (Å²) in [5.41, 5.74) is 0. The summed E-state index contributed by atoms with van der Waals surface area (Å²) in [4.78, 5) is 56.9. The number of carbonyl (C=O) groups excluding carboxylic acids is 5. The topological polar surface area (TPSA) is 143 Å². The summed E-state index contributed by atoms with van der Waals surface area (Å²) in [6.45, 7) is 3.56. The molecule has 0 saturated carbocycles. The fraction of sp³-hybridized carbons (Fsp3) is 0.688. The summed E-state index contributed by atoms with van der Waals surface area (Å²) in [5.74, 6) is -2.02. The Morgan fingerprint density at radius 1 is 0.654 bits per heavy atom. The van der Waals surface area contributed by atoms with Gasteiger partial charge >= 0.3 is 0 Å². The van der Waals surface area contributed by atoms with Crippen molar-refractivity contribution in [3.63, 3.8) is 0 Å². The van der Waals surface area contributed by atoms with Crippen molar-refractivity contribution in [1.82, 2.24) is 21.3 Å². The summed E-state index contributed by atoms with van der Waals surface area (Å²) in [7, 11) is 0. The van der Waals surface area contributed by atoms with Crippen LogP contribution in [0.25, 0.3) is 0 Å². The zero-order valence-electron chi connectivity index (χ0n) is 15.3. The van der Waals surface area contributed by atoms with E-state index >= 15 is 0 Å². The van der Waals surface area contributed by atoms with E-state index in [1.807, 2.05) is 6.92 Å². The van der Waals surface area contributed by atoms with Crippen LogP contribution in [-0.2, 0) is 28.7 Å². The standard InChI is InChI=1S/C16H28N4O6/c1-3-6-26-7-5-13(22)18-9-15(24)20-11-16(25)19-10-14(23)17-8-12(21)4-2/h3-11H2,1-2H3,(H,17,23)(H,18,22)(H,19,25)(H,20,24). The molecule has 0 aliphatic carbocycles. The summed E-state index contributed by atoms with van der Waals surface area (Å²) in [6.07, 6.45) is 1.34. The fourth-order valence-corrected chi connectivity index (χ4v) is 1.55. The fourth-order valence-electron chi connectivity index (χ4n) is 1.55. The average Bonchev–Trinajstić information content (AvgIpc) is 2.64. The third-order valence-electron chi connectivity index (χ3n) is 3.04. The first-order chi connectivity index (χ1) is 12.4. The summed E-state index contributed by atoms with van der Waals surface area (Å²) < 4.78 is 5.16. The van der Waals surface area contributed by atoms with E-state index in [9.17, 15) is 24.0 Å². The Hall–Kier alpha value is -2.49. The lowest BCUT2D eigenvalue weighted by atomic mass is 10.3. The van der Waals surface area contributed by atoms with Crippen molar-refractivity contribution < 1.29 is 28.7 Å². The Labute approximate surface area is 152 Å². The van der Waals surface area contributed by atoms with Gasteiger partial charge in [0.2, 0.25) is 23.6 Å². The number of hydrogen-bond acceptors (Lipinski definition) is 6. The molecule has 0 radical (unpaired) electrons. The van der Waals surface area contributed by atoms with Gasteiger partial charge in [-0.3, -0.25) is 24.0 Å². The quantitative estimate of drug-likeness (QED) is 0.266. The maximum absolute atomic E-state index is 11.5. The molecule has 0 aromatic rings. The third kappa shape index (κ3) is 13.9. The van der Waals surface area contributed by atoms with Crippen molar-refractivity contribution in [2.24, 2.45) is 0 Å². The molecule has 0 atom stereocenters. The van der Waals surface area contributed by atoms with Crippen molar-refractivity contribution in [3.05, 3.63) is 0 Å². The van der Waals surface area contributed by atoms with Gasteiger partial charge in [-0.2, -0.15) is 0 Å². The molecule has 0 saturated heterocycles. The molecule has 10 nitrogen and oxygen atoms in total. The predicted molar refractivity (Wildman–Crippen MR) is 93.1 cm³/mol. The second-order valence-corrected chi connectivity index (χ2v) is 5.36. The molecule has 0 bridgehead atoms. The molecule has 0 fully saturated rings. The predicted octanol–water partition coefficient (Wildman–Crippen LogP) is -1.75. The largest absolute Gasteiger partial charge is 0.381 e. The molecule has 148 valence electrons. The van der Waals surface area contributed by atoms with E-state index in [1.165, 1.54) is 0 Å². The highest BCUT2D eigenvalue weighted by Gasteiger charge is 2.09. The van der Waals surface area contributed by atoms with E-state index in [-0.39, 0.29) is 50.9 Å². The van der Waals surface area contributed by atoms with Crippen LogP contribution in [0.2, 0.25) is 0 Å². The van der Waals surface area contributed by atoms with E-state index in [0.29, 0.717) is 13.0 Å². The van der Waals surface area contributed by atoms with Gasteiger partial charge in [-0.05, 0) is 6.42 Å². The van der Waals surface area contributed by atoms with Crippen LogP contribution in [0.15, 0.2) is 0 Å². The molecule has 0 aliphatic heterocycles. The first-order valence-electron chi connectivity index (χ1n) is 8.55. The van der Waals surface area contributed by atoms with E-state index < -0.39 is 17.7 Å². The molecule has 10 heteroatoms. The third-order valence-corrected chi connectivity index (χ3v) is 3.04. The van der Waals surface area contributed by atoms with Gasteiger partial charge in [0.25, 0.3) is 0 Å². The van der Waals surface area contributed by atoms with E-state index in [4.69, 9.17) is 4.74 Å². The Kier molecular flexibility index (Phi) is 13.4. The SMILES string of the molecule is CCCOCCC(=O)NCC(=O)NCC(=O)NCC(=O)NCC(=O)CC. The van der Waals surface area contributed by atoms with Crippen molar-refractivity contribution in [3.8, 4) is 0 Å². The van der Waals surface area contributed by atoms with Crippen LogP contribution in [0.4, 0.5) is 0 Å². The van der Waals surface area contributed by atoms with Gasteiger partial charge < -0.3 is 26.0 Å². The molecule has 0 spiro atoms. The maximum Gasteiger partial charge on any atom is 0.239 e. The van der Waals surface area contributed by atoms with E-state index in [2.05, 4.69) is 21.3 Å². The lowest BCUT2D eigenvalue weighted by molar-refractivity contribution is -0.129. The number of Topliss-reactive ketones (excluding diaryl/α,β-unsaturated/α-hetero) is 1. The van der Waals surface area contributed by atoms with Crippen molar-refractivity contribution >= 4 is 29.4 Å². The Morgan fingerprint density at radius 3 is 1.58 bits per heavy atom. The second kappa shape index (κ2) is 14.8. The van der Waals surface area contributed by atoms with Crippen molar-refractivity contribution in [2.75, 3.05) is 39.4 Å². The van der Waals surface area contributed by atoms with E-state index in [1.54, 1.807) is 6.92 Å². The smallest absolute Gasteiger partial charge is 0.239 e. The van der Waals surface area contributed by atoms with Crippen LogP contribution in [0.3, 0.4) is 0 Å². The average molecular weight is 372 g/mol. The van der Waals surface area contributed by atoms with Gasteiger partial charge in [-0.15, -0.1) is 0 Å². The van der Waals surface area contributed by atoms with Crippen molar-refractivity contribution in [1.29, 1.82) is 0 Å². The highest BCUT2D eigenvalue weighted by Crippen LogP contribution is 1.85. The molecule has 0 unspecified atom stereocenters. The Balaban J connectivity index is 3.75. The minimum Gasteiger partial charge on any atom is -0.381 e. The van der Waals surface area contributed by atoms with Gasteiger partial charge in [0.1, 0.15) is 0 Å². The van der Waals surface area contributed by atoms with Crippen LogP contribution in [-0.4, -0.2) is 68.8 Å². The first kappa shape index (κ1) is 23.5. The van der Waals surface area contributed by atoms with Crippen LogP contribution in [0.5, 0.6) is 0 Å². The highest BCUT2D eigenvalue weighted by atomic mass is 16.5. The number of nitrogens with one attached hydrogen (secondary N) is 4. The molecule has 0 aliphatic rings. The molecule has 26 heavy (non-hydrogen) atoms. The molecule has 0 aromatic heterocycles. The van der Waals surface area contributed by atoms with Crippen LogP contribution < -0.4 is 21.3 Å². The van der Waals surface area contributed by atoms with Gasteiger partial charge in [0, 0.05) is 19.4 Å². The summed E-state index contributed by atoms with van der Waals surface area (Å²) in [6, 6.07) is 0. The van der Waals surface area contributed by atoms with Gasteiger partial charge in [-0.25, -0.2) is 0 Å². The monoisotopic (exact) mass is 372 g/mol. The number of ketones is 1. The van der Waals surface area contributed by atoms with Crippen LogP contribution in [0.1, 0.15) is 33.1 Å². The van der Waals surface area contributed by atoms with Gasteiger partial charge in [0.05, 0.1) is 32.8 Å². The van der Waals surface area contributed by atoms with Crippen molar-refractivity contribution in [2.45, 2.75) is 33.1 Å². The molecule has 4 N–H and O–H groups in total.